The SMILES string of the molecule is CSc1cccc(Cl)c1C1CC(c2csc(C3CCN(C(=O)Cn4nc(C(F)F)cc4C(F)F)CC3)n2)=NO1. The summed E-state index contributed by atoms with van der Waals surface area (Å²) in [4.78, 5) is 25.9. The summed E-state index contributed by atoms with van der Waals surface area (Å²) in [5, 5.41) is 11.3. The Bertz CT molecular complexity index is 1370. The number of oxime groups is 1. The lowest BCUT2D eigenvalue weighted by atomic mass is 9.97. The molecule has 1 amide bonds. The molecule has 1 aromatic carbocycles. The van der Waals surface area contributed by atoms with Crippen molar-refractivity contribution in [2.24, 2.45) is 5.16 Å². The third-order valence-electron chi connectivity index (χ3n) is 6.80. The second kappa shape index (κ2) is 11.8. The third kappa shape index (κ3) is 5.94. The van der Waals surface area contributed by atoms with Crippen LogP contribution in [0, 0.1) is 0 Å². The first-order valence-electron chi connectivity index (χ1n) is 12.2. The highest BCUT2D eigenvalue weighted by atomic mass is 35.5. The molecule has 39 heavy (non-hydrogen) atoms. The van der Waals surface area contributed by atoms with E-state index < -0.39 is 36.7 Å². The van der Waals surface area contributed by atoms with E-state index >= 15 is 0 Å². The van der Waals surface area contributed by atoms with Crippen molar-refractivity contribution in [3.63, 3.8) is 0 Å². The van der Waals surface area contributed by atoms with E-state index in [0.717, 1.165) is 26.9 Å². The van der Waals surface area contributed by atoms with Gasteiger partial charge in [-0.25, -0.2) is 22.5 Å². The van der Waals surface area contributed by atoms with E-state index in [4.69, 9.17) is 21.4 Å². The van der Waals surface area contributed by atoms with Crippen LogP contribution in [0.25, 0.3) is 0 Å². The summed E-state index contributed by atoms with van der Waals surface area (Å²) in [6, 6.07) is 6.39. The second-order valence-electron chi connectivity index (χ2n) is 9.17. The summed E-state index contributed by atoms with van der Waals surface area (Å²) in [5.74, 6) is -0.309. The van der Waals surface area contributed by atoms with Crippen LogP contribution in [-0.4, -0.2) is 50.6 Å². The normalized spacial score (nSPS) is 18.2. The molecule has 0 spiro atoms. The number of amides is 1. The molecule has 0 saturated carbocycles. The summed E-state index contributed by atoms with van der Waals surface area (Å²) in [7, 11) is 0. The topological polar surface area (TPSA) is 72.6 Å². The summed E-state index contributed by atoms with van der Waals surface area (Å²) < 4.78 is 53.0. The van der Waals surface area contributed by atoms with Crippen molar-refractivity contribution in [1.82, 2.24) is 19.7 Å². The average Bonchev–Trinajstić information content (AvgIpc) is 3.68. The van der Waals surface area contributed by atoms with E-state index in [9.17, 15) is 22.4 Å². The average molecular weight is 602 g/mol. The standard InChI is InChI=1S/C25H24ClF4N5O2S2/c1-38-20-4-2-3-14(26)22(20)19-10-15(33-37-19)17-12-39-25(31-17)13-5-7-34(8-6-13)21(36)11-35-18(24(29)30)9-16(32-35)23(27)28/h2-4,9,12-13,19,23-24H,5-8,10-11H2,1H3. The summed E-state index contributed by atoms with van der Waals surface area (Å²) in [6.07, 6.45) is -2.46. The number of thiazole rings is 1. The number of benzene rings is 1. The number of nitrogens with zero attached hydrogens (tertiary/aromatic N) is 5. The Morgan fingerprint density at radius 3 is 2.69 bits per heavy atom. The number of rotatable bonds is 8. The van der Waals surface area contributed by atoms with Crippen LogP contribution < -0.4 is 0 Å². The first-order valence-corrected chi connectivity index (χ1v) is 14.7. The number of hydrogen-bond donors (Lipinski definition) is 0. The summed E-state index contributed by atoms with van der Waals surface area (Å²) in [6.45, 7) is 0.298. The van der Waals surface area contributed by atoms with Crippen molar-refractivity contribution in [3.8, 4) is 0 Å². The number of aromatic nitrogens is 3. The summed E-state index contributed by atoms with van der Waals surface area (Å²) in [5.41, 5.74) is 0.959. The van der Waals surface area contributed by atoms with Gasteiger partial charge in [-0.3, -0.25) is 9.48 Å². The van der Waals surface area contributed by atoms with Gasteiger partial charge < -0.3 is 9.74 Å². The molecule has 208 valence electrons. The number of likely N-dealkylation sites (tertiary alicyclic amines) is 1. The summed E-state index contributed by atoms with van der Waals surface area (Å²) >= 11 is 9.57. The predicted molar refractivity (Wildman–Crippen MR) is 141 cm³/mol. The van der Waals surface area contributed by atoms with Crippen LogP contribution in [0.2, 0.25) is 5.02 Å². The van der Waals surface area contributed by atoms with Crippen molar-refractivity contribution in [2.75, 3.05) is 19.3 Å². The Balaban J connectivity index is 1.18. The zero-order valence-corrected chi connectivity index (χ0v) is 23.1. The van der Waals surface area contributed by atoms with Crippen LogP contribution in [0.5, 0.6) is 0 Å². The molecule has 0 N–H and O–H groups in total. The highest BCUT2D eigenvalue weighted by molar-refractivity contribution is 7.98. The van der Waals surface area contributed by atoms with Crippen LogP contribution in [-0.2, 0) is 16.2 Å². The highest BCUT2D eigenvalue weighted by Crippen LogP contribution is 2.40. The van der Waals surface area contributed by atoms with E-state index in [0.29, 0.717) is 48.1 Å². The number of thioether (sulfide) groups is 1. The molecule has 1 saturated heterocycles. The van der Waals surface area contributed by atoms with Gasteiger partial charge in [0.05, 0.1) is 10.7 Å². The number of alkyl halides is 4. The van der Waals surface area contributed by atoms with Gasteiger partial charge in [-0.05, 0) is 37.3 Å². The molecule has 5 rings (SSSR count). The monoisotopic (exact) mass is 601 g/mol. The molecule has 2 aliphatic rings. The quantitative estimate of drug-likeness (QED) is 0.208. The van der Waals surface area contributed by atoms with E-state index in [-0.39, 0.29) is 12.0 Å². The van der Waals surface area contributed by atoms with Crippen molar-refractivity contribution < 1.29 is 27.2 Å². The smallest absolute Gasteiger partial charge is 0.282 e. The Hall–Kier alpha value is -2.64. The van der Waals surface area contributed by atoms with Gasteiger partial charge in [0.15, 0.2) is 6.10 Å². The highest BCUT2D eigenvalue weighted by Gasteiger charge is 2.31. The van der Waals surface area contributed by atoms with E-state index in [1.165, 1.54) is 11.3 Å². The number of carbonyl (C=O) groups is 1. The van der Waals surface area contributed by atoms with Crippen LogP contribution in [0.3, 0.4) is 0 Å². The molecular weight excluding hydrogens is 578 g/mol. The minimum atomic E-state index is -3.01. The molecule has 0 aliphatic carbocycles. The maximum atomic E-state index is 13.2. The van der Waals surface area contributed by atoms with E-state index in [1.807, 2.05) is 29.8 Å². The molecule has 1 unspecified atom stereocenters. The Morgan fingerprint density at radius 1 is 1.23 bits per heavy atom. The molecule has 14 heteroatoms. The first kappa shape index (κ1) is 27.9. The van der Waals surface area contributed by atoms with Gasteiger partial charge in [0.25, 0.3) is 12.9 Å². The zero-order chi connectivity index (χ0) is 27.7. The molecule has 1 fully saturated rings. The number of hydrogen-bond acceptors (Lipinski definition) is 7. The van der Waals surface area contributed by atoms with Gasteiger partial charge in [-0.1, -0.05) is 22.8 Å². The van der Waals surface area contributed by atoms with Crippen LogP contribution in [0.15, 0.2) is 39.7 Å². The maximum absolute atomic E-state index is 13.2. The first-order chi connectivity index (χ1) is 18.7. The lowest BCUT2D eigenvalue weighted by Gasteiger charge is -2.31. The van der Waals surface area contributed by atoms with Gasteiger partial charge in [0.1, 0.15) is 23.6 Å². The zero-order valence-electron chi connectivity index (χ0n) is 20.7. The molecule has 4 heterocycles. The second-order valence-corrected chi connectivity index (χ2v) is 11.3. The number of carbonyl (C=O) groups excluding carboxylic acids is 1. The molecule has 1 atom stereocenters. The lowest BCUT2D eigenvalue weighted by Crippen LogP contribution is -2.40. The van der Waals surface area contributed by atoms with Crippen molar-refractivity contribution in [1.29, 1.82) is 0 Å². The Labute approximate surface area is 235 Å². The van der Waals surface area contributed by atoms with Gasteiger partial charge >= 0.3 is 0 Å². The molecule has 3 aromatic rings. The fraction of sp³-hybridized carbons (Fsp3) is 0.440. The van der Waals surface area contributed by atoms with Crippen LogP contribution >= 0.6 is 34.7 Å². The Kier molecular flexibility index (Phi) is 8.48. The largest absolute Gasteiger partial charge is 0.387 e. The predicted octanol–water partition coefficient (Wildman–Crippen LogP) is 6.86. The lowest BCUT2D eigenvalue weighted by molar-refractivity contribution is -0.133. The van der Waals surface area contributed by atoms with Crippen LogP contribution in [0.1, 0.15) is 71.8 Å². The minimum absolute atomic E-state index is 0.130. The van der Waals surface area contributed by atoms with E-state index in [2.05, 4.69) is 10.3 Å². The molecule has 0 radical (unpaired) electrons. The van der Waals surface area contributed by atoms with Gasteiger partial charge in [-0.15, -0.1) is 23.1 Å². The van der Waals surface area contributed by atoms with Crippen LogP contribution in [0.4, 0.5) is 17.6 Å². The molecule has 0 bridgehead atoms. The van der Waals surface area contributed by atoms with E-state index in [1.54, 1.807) is 16.7 Å². The maximum Gasteiger partial charge on any atom is 0.282 e. The third-order valence-corrected chi connectivity index (χ3v) is 8.93. The van der Waals surface area contributed by atoms with Gasteiger partial charge in [0, 0.05) is 46.3 Å². The van der Waals surface area contributed by atoms with Crippen molar-refractivity contribution in [2.45, 2.75) is 55.6 Å². The van der Waals surface area contributed by atoms with Crippen molar-refractivity contribution >= 4 is 46.3 Å². The van der Waals surface area contributed by atoms with Gasteiger partial charge in [-0.2, -0.15) is 5.10 Å². The fourth-order valence-electron chi connectivity index (χ4n) is 4.76. The molecule has 7 nitrogen and oxygen atoms in total. The minimum Gasteiger partial charge on any atom is -0.387 e. The Morgan fingerprint density at radius 2 is 2.00 bits per heavy atom. The number of piperidine rings is 1. The molecule has 2 aliphatic heterocycles. The number of halogens is 5. The van der Waals surface area contributed by atoms with Crippen molar-refractivity contribution in [3.05, 3.63) is 62.3 Å². The fourth-order valence-corrected chi connectivity index (χ4v) is 6.79. The molecule has 2 aromatic heterocycles. The van der Waals surface area contributed by atoms with Gasteiger partial charge in [0.2, 0.25) is 5.91 Å². The molecular formula is C25H24ClF4N5O2S2.